The van der Waals surface area contributed by atoms with Crippen molar-refractivity contribution >= 4 is 37.6 Å². The van der Waals surface area contributed by atoms with Crippen molar-refractivity contribution in [1.29, 1.82) is 0 Å². The molecule has 8 nitrogen and oxygen atoms in total. The number of anilines is 1. The molecule has 2 N–H and O–H groups in total. The van der Waals surface area contributed by atoms with E-state index in [0.29, 0.717) is 36.2 Å². The molecule has 0 amide bonds. The van der Waals surface area contributed by atoms with Crippen LogP contribution in [-0.4, -0.2) is 59.6 Å². The second kappa shape index (κ2) is 6.85. The number of hydrogen-bond acceptors (Lipinski definition) is 6. The van der Waals surface area contributed by atoms with Gasteiger partial charge in [0.25, 0.3) is 0 Å². The molecule has 1 fully saturated rings. The summed E-state index contributed by atoms with van der Waals surface area (Å²) in [5.41, 5.74) is 1.92. The molecule has 12 heteroatoms. The molecule has 28 heavy (non-hydrogen) atoms. The van der Waals surface area contributed by atoms with Gasteiger partial charge in [0.2, 0.25) is 10.0 Å². The molecule has 1 atom stereocenters. The van der Waals surface area contributed by atoms with Crippen LogP contribution in [0.15, 0.2) is 24.7 Å². The third kappa shape index (κ3) is 3.61. The average molecular weight is 414 g/mol. The molecular weight excluding hydrogens is 397 g/mol. The van der Waals surface area contributed by atoms with Crippen LogP contribution >= 0.6 is 0 Å². The van der Waals surface area contributed by atoms with Crippen molar-refractivity contribution in [2.45, 2.75) is 24.3 Å². The average Bonchev–Trinajstić information content (AvgIpc) is 3.15. The number of halogens is 3. The van der Waals surface area contributed by atoms with E-state index in [0.717, 1.165) is 10.8 Å². The number of rotatable bonds is 4. The number of pyridine rings is 1. The molecule has 4 heterocycles. The fourth-order valence-electron chi connectivity index (χ4n) is 3.50. The standard InChI is InChI=1S/C16H17F3N6O2S/c17-16(18,19)9-23-28(26,27)10-2-1-5-25(8-10)13-7-22-24-12-6-21-15-11(14(12)13)3-4-20-15/h3-4,6-7,10,23-24H,1-2,5,8-9H2. The predicted octanol–water partition coefficient (Wildman–Crippen LogP) is 1.96. The monoisotopic (exact) mass is 414 g/mol. The van der Waals surface area contributed by atoms with Crippen LogP contribution in [0.25, 0.3) is 21.9 Å². The fourth-order valence-corrected chi connectivity index (χ4v) is 4.95. The summed E-state index contributed by atoms with van der Waals surface area (Å²) in [6.45, 7) is -0.919. The molecule has 0 spiro atoms. The highest BCUT2D eigenvalue weighted by atomic mass is 32.2. The Morgan fingerprint density at radius 1 is 1.29 bits per heavy atom. The lowest BCUT2D eigenvalue weighted by Gasteiger charge is -2.34. The lowest BCUT2D eigenvalue weighted by molar-refractivity contribution is -0.121. The van der Waals surface area contributed by atoms with E-state index in [9.17, 15) is 21.6 Å². The minimum absolute atomic E-state index is 0.0753. The maximum atomic E-state index is 12.4. The van der Waals surface area contributed by atoms with Crippen molar-refractivity contribution in [1.82, 2.24) is 24.9 Å². The molecule has 1 aliphatic heterocycles. The zero-order chi connectivity index (χ0) is 19.9. The van der Waals surface area contributed by atoms with Gasteiger partial charge in [-0.3, -0.25) is 5.10 Å². The van der Waals surface area contributed by atoms with Crippen LogP contribution in [0.3, 0.4) is 0 Å². The molecule has 0 radical (unpaired) electrons. The Morgan fingerprint density at radius 3 is 2.89 bits per heavy atom. The Balaban J connectivity index is 1.66. The number of piperidine rings is 1. The highest BCUT2D eigenvalue weighted by molar-refractivity contribution is 7.90. The first-order valence-electron chi connectivity index (χ1n) is 8.61. The number of H-pyrrole nitrogens is 1. The maximum Gasteiger partial charge on any atom is 0.402 e. The Morgan fingerprint density at radius 2 is 2.11 bits per heavy atom. The number of alkyl halides is 3. The second-order valence-electron chi connectivity index (χ2n) is 6.68. The van der Waals surface area contributed by atoms with Crippen LogP contribution in [0.5, 0.6) is 0 Å². The smallest absolute Gasteiger partial charge is 0.368 e. The molecule has 0 bridgehead atoms. The van der Waals surface area contributed by atoms with E-state index in [2.05, 4.69) is 20.2 Å². The van der Waals surface area contributed by atoms with Crippen molar-refractivity contribution in [3.63, 3.8) is 0 Å². The van der Waals surface area contributed by atoms with E-state index in [1.54, 1.807) is 23.3 Å². The number of nitrogens with one attached hydrogen (secondary N) is 2. The largest absolute Gasteiger partial charge is 0.402 e. The molecule has 4 rings (SSSR count). The van der Waals surface area contributed by atoms with Crippen molar-refractivity contribution in [3.8, 4) is 0 Å². The van der Waals surface area contributed by atoms with Crippen molar-refractivity contribution in [2.75, 3.05) is 24.5 Å². The first-order valence-corrected chi connectivity index (χ1v) is 10.2. The van der Waals surface area contributed by atoms with E-state index in [1.165, 1.54) is 0 Å². The Hall–Kier alpha value is -2.47. The first kappa shape index (κ1) is 18.9. The summed E-state index contributed by atoms with van der Waals surface area (Å²) in [6, 6.07) is 1.81. The number of sulfonamides is 1. The van der Waals surface area contributed by atoms with E-state index in [1.807, 2.05) is 11.0 Å². The number of aromatic nitrogens is 4. The van der Waals surface area contributed by atoms with E-state index >= 15 is 0 Å². The minimum atomic E-state index is -4.60. The van der Waals surface area contributed by atoms with Crippen LogP contribution in [0.1, 0.15) is 12.8 Å². The van der Waals surface area contributed by atoms with Crippen LogP contribution in [0, 0.1) is 0 Å². The highest BCUT2D eigenvalue weighted by Crippen LogP contribution is 2.32. The molecule has 3 aromatic rings. The lowest BCUT2D eigenvalue weighted by Crippen LogP contribution is -2.48. The number of nitrogens with zero attached hydrogens (tertiary/aromatic N) is 4. The normalized spacial score (nSPS) is 18.8. The van der Waals surface area contributed by atoms with Gasteiger partial charge >= 0.3 is 6.18 Å². The molecule has 0 aromatic carbocycles. The third-order valence-electron chi connectivity index (χ3n) is 4.79. The van der Waals surface area contributed by atoms with Crippen LogP contribution in [-0.2, 0) is 10.0 Å². The predicted molar refractivity (Wildman–Crippen MR) is 97.4 cm³/mol. The van der Waals surface area contributed by atoms with Gasteiger partial charge in [-0.15, -0.1) is 0 Å². The van der Waals surface area contributed by atoms with Crippen molar-refractivity contribution in [3.05, 3.63) is 24.7 Å². The first-order chi connectivity index (χ1) is 13.2. The maximum absolute atomic E-state index is 12.4. The summed E-state index contributed by atoms with van der Waals surface area (Å²) < 4.78 is 63.7. The van der Waals surface area contributed by atoms with Crippen LogP contribution in [0.4, 0.5) is 18.9 Å². The quantitative estimate of drug-likeness (QED) is 0.676. The van der Waals surface area contributed by atoms with Crippen molar-refractivity contribution in [2.24, 2.45) is 0 Å². The summed E-state index contributed by atoms with van der Waals surface area (Å²) in [5.74, 6) is 0. The van der Waals surface area contributed by atoms with Gasteiger partial charge in [0.15, 0.2) is 5.65 Å². The zero-order valence-corrected chi connectivity index (χ0v) is 15.4. The van der Waals surface area contributed by atoms with Gasteiger partial charge in [0.1, 0.15) is 6.54 Å². The summed E-state index contributed by atoms with van der Waals surface area (Å²) in [5, 5.41) is 7.62. The van der Waals surface area contributed by atoms with Gasteiger partial charge in [-0.2, -0.15) is 18.3 Å². The second-order valence-corrected chi connectivity index (χ2v) is 8.72. The SMILES string of the molecule is O=S(=O)(NCC(F)(F)F)C1CCCN(c2cn[nH]c3cnc4nccc4c23)C1. The van der Waals surface area contributed by atoms with Gasteiger partial charge in [0, 0.05) is 30.1 Å². The minimum Gasteiger partial charge on any atom is -0.368 e. The van der Waals surface area contributed by atoms with Crippen LogP contribution < -0.4 is 9.62 Å². The third-order valence-corrected chi connectivity index (χ3v) is 6.60. The molecule has 150 valence electrons. The zero-order valence-electron chi connectivity index (χ0n) is 14.6. The van der Waals surface area contributed by atoms with Gasteiger partial charge in [-0.1, -0.05) is 0 Å². The fraction of sp³-hybridized carbons (Fsp3) is 0.438. The Kier molecular flexibility index (Phi) is 4.62. The number of fused-ring (bicyclic) bond motifs is 3. The molecule has 1 saturated heterocycles. The van der Waals surface area contributed by atoms with Gasteiger partial charge in [-0.25, -0.2) is 23.1 Å². The Bertz CT molecular complexity index is 1110. The summed E-state index contributed by atoms with van der Waals surface area (Å²) in [4.78, 5) is 10.3. The van der Waals surface area contributed by atoms with E-state index in [-0.39, 0.29) is 6.54 Å². The molecule has 1 unspecified atom stereocenters. The summed E-state index contributed by atoms with van der Waals surface area (Å²) in [7, 11) is -4.11. The number of aromatic amines is 1. The Labute approximate surface area is 158 Å². The number of hydrogen-bond donors (Lipinski definition) is 2. The van der Waals surface area contributed by atoms with Crippen LogP contribution in [0.2, 0.25) is 0 Å². The molecule has 0 saturated carbocycles. The topological polar surface area (TPSA) is 104 Å². The van der Waals surface area contributed by atoms with Gasteiger partial charge in [0.05, 0.1) is 28.8 Å². The molecular formula is C16H17F3N6O2S. The summed E-state index contributed by atoms with van der Waals surface area (Å²) >= 11 is 0. The van der Waals surface area contributed by atoms with E-state index < -0.39 is 28.0 Å². The lowest BCUT2D eigenvalue weighted by atomic mass is 10.1. The highest BCUT2D eigenvalue weighted by Gasteiger charge is 2.35. The summed E-state index contributed by atoms with van der Waals surface area (Å²) in [6.07, 6.45) is 1.05. The van der Waals surface area contributed by atoms with E-state index in [4.69, 9.17) is 0 Å². The molecule has 0 aliphatic carbocycles. The van der Waals surface area contributed by atoms with Gasteiger partial charge in [-0.05, 0) is 18.9 Å². The molecule has 1 aliphatic rings. The van der Waals surface area contributed by atoms with Gasteiger partial charge < -0.3 is 4.90 Å². The van der Waals surface area contributed by atoms with Crippen molar-refractivity contribution < 1.29 is 21.6 Å². The molecule has 3 aromatic heterocycles.